The van der Waals surface area contributed by atoms with Crippen LogP contribution in [0, 0.1) is 6.92 Å². The standard InChI is InChI=1S/C17H23ClN2O/c1-13-6-5-9-15-17(13)19-16(12-18)20(15)10-11-21-14-7-3-2-4-8-14/h5-6,9,14H,2-4,7-8,10-12H2,1H3. The number of para-hydroxylation sites is 1. The highest BCUT2D eigenvalue weighted by Crippen LogP contribution is 2.22. The van der Waals surface area contributed by atoms with E-state index >= 15 is 0 Å². The molecule has 2 aromatic rings. The molecule has 0 saturated heterocycles. The molecule has 3 rings (SSSR count). The Morgan fingerprint density at radius 2 is 2.10 bits per heavy atom. The van der Waals surface area contributed by atoms with Crippen molar-refractivity contribution in [2.24, 2.45) is 0 Å². The first-order valence-corrected chi connectivity index (χ1v) is 8.45. The van der Waals surface area contributed by atoms with Gasteiger partial charge in [0.15, 0.2) is 0 Å². The van der Waals surface area contributed by atoms with Crippen LogP contribution in [0.2, 0.25) is 0 Å². The quantitative estimate of drug-likeness (QED) is 0.764. The lowest BCUT2D eigenvalue weighted by Crippen LogP contribution is -2.19. The van der Waals surface area contributed by atoms with Crippen molar-refractivity contribution in [3.05, 3.63) is 29.6 Å². The molecule has 1 aliphatic carbocycles. The van der Waals surface area contributed by atoms with E-state index < -0.39 is 0 Å². The van der Waals surface area contributed by atoms with E-state index in [4.69, 9.17) is 16.3 Å². The Balaban J connectivity index is 1.72. The lowest BCUT2D eigenvalue weighted by atomic mass is 9.98. The van der Waals surface area contributed by atoms with Crippen molar-refractivity contribution in [2.45, 2.75) is 57.6 Å². The van der Waals surface area contributed by atoms with Crippen molar-refractivity contribution >= 4 is 22.6 Å². The molecule has 1 aromatic carbocycles. The summed E-state index contributed by atoms with van der Waals surface area (Å²) in [4.78, 5) is 4.67. The van der Waals surface area contributed by atoms with Crippen LogP contribution in [-0.4, -0.2) is 22.3 Å². The van der Waals surface area contributed by atoms with Gasteiger partial charge in [0.25, 0.3) is 0 Å². The molecule has 1 saturated carbocycles. The maximum absolute atomic E-state index is 6.06. The van der Waals surface area contributed by atoms with Gasteiger partial charge in [-0.3, -0.25) is 0 Å². The van der Waals surface area contributed by atoms with Gasteiger partial charge in [-0.1, -0.05) is 31.4 Å². The second-order valence-electron chi connectivity index (χ2n) is 5.89. The first-order valence-electron chi connectivity index (χ1n) is 7.92. The van der Waals surface area contributed by atoms with Crippen molar-refractivity contribution < 1.29 is 4.74 Å². The molecule has 0 unspecified atom stereocenters. The predicted molar refractivity (Wildman–Crippen MR) is 86.9 cm³/mol. The maximum Gasteiger partial charge on any atom is 0.124 e. The van der Waals surface area contributed by atoms with Crippen molar-refractivity contribution in [1.82, 2.24) is 9.55 Å². The SMILES string of the molecule is Cc1cccc2c1nc(CCl)n2CCOC1CCCCC1. The van der Waals surface area contributed by atoms with E-state index in [1.807, 2.05) is 0 Å². The summed E-state index contributed by atoms with van der Waals surface area (Å²) in [7, 11) is 0. The van der Waals surface area contributed by atoms with Crippen LogP contribution in [0.3, 0.4) is 0 Å². The first kappa shape index (κ1) is 14.9. The number of halogens is 1. The molecule has 1 fully saturated rings. The van der Waals surface area contributed by atoms with Crippen LogP contribution in [0.15, 0.2) is 18.2 Å². The molecule has 0 amide bonds. The van der Waals surface area contributed by atoms with Crippen LogP contribution >= 0.6 is 11.6 Å². The average Bonchev–Trinajstić information content (AvgIpc) is 2.88. The number of hydrogen-bond donors (Lipinski definition) is 0. The van der Waals surface area contributed by atoms with Crippen molar-refractivity contribution in [3.63, 3.8) is 0 Å². The fraction of sp³-hybridized carbons (Fsp3) is 0.588. The highest BCUT2D eigenvalue weighted by Gasteiger charge is 2.15. The Kier molecular flexibility index (Phi) is 4.81. The van der Waals surface area contributed by atoms with Gasteiger partial charge < -0.3 is 9.30 Å². The molecule has 3 nitrogen and oxygen atoms in total. The molecule has 0 aliphatic heterocycles. The summed E-state index contributed by atoms with van der Waals surface area (Å²) in [6, 6.07) is 6.29. The number of nitrogens with zero attached hydrogens (tertiary/aromatic N) is 2. The highest BCUT2D eigenvalue weighted by atomic mass is 35.5. The molecule has 4 heteroatoms. The molecule has 21 heavy (non-hydrogen) atoms. The van der Waals surface area contributed by atoms with E-state index in [0.29, 0.717) is 12.0 Å². The molecule has 0 atom stereocenters. The zero-order chi connectivity index (χ0) is 14.7. The summed E-state index contributed by atoms with van der Waals surface area (Å²) >= 11 is 6.06. The largest absolute Gasteiger partial charge is 0.376 e. The average molecular weight is 307 g/mol. The number of aromatic nitrogens is 2. The third-order valence-electron chi connectivity index (χ3n) is 4.40. The zero-order valence-electron chi connectivity index (χ0n) is 12.6. The predicted octanol–water partition coefficient (Wildman–Crippen LogP) is 4.43. The number of fused-ring (bicyclic) bond motifs is 1. The third-order valence-corrected chi connectivity index (χ3v) is 4.64. The molecular weight excluding hydrogens is 284 g/mol. The number of imidazole rings is 1. The summed E-state index contributed by atoms with van der Waals surface area (Å²) in [5.41, 5.74) is 3.43. The Labute approximate surface area is 131 Å². The van der Waals surface area contributed by atoms with Gasteiger partial charge in [0, 0.05) is 6.54 Å². The van der Waals surface area contributed by atoms with Crippen LogP contribution < -0.4 is 0 Å². The van der Waals surface area contributed by atoms with E-state index in [1.165, 1.54) is 37.7 Å². The molecule has 0 bridgehead atoms. The van der Waals surface area contributed by atoms with E-state index in [-0.39, 0.29) is 0 Å². The van der Waals surface area contributed by atoms with Gasteiger partial charge in [-0.05, 0) is 31.4 Å². The minimum absolute atomic E-state index is 0.442. The van der Waals surface area contributed by atoms with Gasteiger partial charge in [-0.2, -0.15) is 0 Å². The van der Waals surface area contributed by atoms with Crippen LogP contribution in [-0.2, 0) is 17.2 Å². The van der Waals surface area contributed by atoms with Crippen LogP contribution in [0.25, 0.3) is 11.0 Å². The van der Waals surface area contributed by atoms with Gasteiger partial charge in [0.05, 0.1) is 29.6 Å². The molecule has 0 N–H and O–H groups in total. The molecule has 114 valence electrons. The fourth-order valence-electron chi connectivity index (χ4n) is 3.23. The Morgan fingerprint density at radius 3 is 2.86 bits per heavy atom. The second-order valence-corrected chi connectivity index (χ2v) is 6.15. The lowest BCUT2D eigenvalue weighted by molar-refractivity contribution is 0.0242. The summed E-state index contributed by atoms with van der Waals surface area (Å²) in [6.45, 7) is 3.67. The summed E-state index contributed by atoms with van der Waals surface area (Å²) < 4.78 is 8.25. The number of hydrogen-bond acceptors (Lipinski definition) is 2. The van der Waals surface area contributed by atoms with Crippen molar-refractivity contribution in [2.75, 3.05) is 6.61 Å². The molecule has 1 aliphatic rings. The molecule has 0 spiro atoms. The smallest absolute Gasteiger partial charge is 0.124 e. The molecule has 1 aromatic heterocycles. The minimum Gasteiger partial charge on any atom is -0.376 e. The summed E-state index contributed by atoms with van der Waals surface area (Å²) in [5, 5.41) is 0. The van der Waals surface area contributed by atoms with E-state index in [9.17, 15) is 0 Å². The number of rotatable bonds is 5. The molecule has 1 heterocycles. The van der Waals surface area contributed by atoms with E-state index in [0.717, 1.165) is 30.0 Å². The number of aryl methyl sites for hydroxylation is 1. The maximum atomic E-state index is 6.06. The summed E-state index contributed by atoms with van der Waals surface area (Å²) in [5.74, 6) is 1.38. The Hall–Kier alpha value is -1.06. The monoisotopic (exact) mass is 306 g/mol. The topological polar surface area (TPSA) is 27.1 Å². The number of benzene rings is 1. The van der Waals surface area contributed by atoms with E-state index in [1.54, 1.807) is 0 Å². The summed E-state index contributed by atoms with van der Waals surface area (Å²) in [6.07, 6.45) is 6.87. The number of alkyl halides is 1. The first-order chi connectivity index (χ1) is 10.3. The Morgan fingerprint density at radius 1 is 1.29 bits per heavy atom. The lowest BCUT2D eigenvalue weighted by Gasteiger charge is -2.22. The van der Waals surface area contributed by atoms with Gasteiger partial charge >= 0.3 is 0 Å². The van der Waals surface area contributed by atoms with Crippen LogP contribution in [0.4, 0.5) is 0 Å². The van der Waals surface area contributed by atoms with Gasteiger partial charge in [-0.25, -0.2) is 4.98 Å². The fourth-order valence-corrected chi connectivity index (χ4v) is 3.43. The van der Waals surface area contributed by atoms with Crippen molar-refractivity contribution in [1.29, 1.82) is 0 Å². The zero-order valence-corrected chi connectivity index (χ0v) is 13.4. The van der Waals surface area contributed by atoms with Gasteiger partial charge in [0.1, 0.15) is 5.82 Å². The minimum atomic E-state index is 0.442. The normalized spacial score (nSPS) is 16.7. The molecule has 0 radical (unpaired) electrons. The molecular formula is C17H23ClN2O. The van der Waals surface area contributed by atoms with Gasteiger partial charge in [-0.15, -0.1) is 11.6 Å². The number of ether oxygens (including phenoxy) is 1. The van der Waals surface area contributed by atoms with Crippen molar-refractivity contribution in [3.8, 4) is 0 Å². The third kappa shape index (κ3) is 3.24. The van der Waals surface area contributed by atoms with Crippen LogP contribution in [0.1, 0.15) is 43.5 Å². The highest BCUT2D eigenvalue weighted by molar-refractivity contribution is 6.16. The Bertz CT molecular complexity index is 602. The van der Waals surface area contributed by atoms with Gasteiger partial charge in [0.2, 0.25) is 0 Å². The van der Waals surface area contributed by atoms with Crippen LogP contribution in [0.5, 0.6) is 0 Å². The second kappa shape index (κ2) is 6.80. The van der Waals surface area contributed by atoms with E-state index in [2.05, 4.69) is 34.7 Å².